The minimum atomic E-state index is -3.51. The second-order valence-electron chi connectivity index (χ2n) is 9.32. The molecule has 0 bridgehead atoms. The monoisotopic (exact) mass is 497 g/mol. The van der Waals surface area contributed by atoms with E-state index in [0.717, 1.165) is 36.9 Å². The van der Waals surface area contributed by atoms with Crippen molar-refractivity contribution in [3.63, 3.8) is 0 Å². The third-order valence-electron chi connectivity index (χ3n) is 7.31. The van der Waals surface area contributed by atoms with E-state index in [4.69, 9.17) is 0 Å². The first-order chi connectivity index (χ1) is 16.9. The Morgan fingerprint density at radius 3 is 2.31 bits per heavy atom. The van der Waals surface area contributed by atoms with E-state index in [1.165, 1.54) is 9.87 Å². The highest BCUT2D eigenvalue weighted by Gasteiger charge is 2.39. The van der Waals surface area contributed by atoms with Gasteiger partial charge >= 0.3 is 0 Å². The average Bonchev–Trinajstić information content (AvgIpc) is 3.32. The maximum absolute atomic E-state index is 13.5. The number of carbonyl (C=O) groups is 2. The molecule has 2 aromatic rings. The van der Waals surface area contributed by atoms with Gasteiger partial charge in [-0.2, -0.15) is 4.31 Å². The van der Waals surface area contributed by atoms with E-state index in [2.05, 4.69) is 11.4 Å². The molecule has 2 atom stereocenters. The molecule has 2 aliphatic rings. The zero-order valence-corrected chi connectivity index (χ0v) is 21.4. The van der Waals surface area contributed by atoms with Crippen LogP contribution in [0.4, 0.5) is 5.69 Å². The van der Waals surface area contributed by atoms with Crippen LogP contribution in [-0.4, -0.2) is 44.2 Å². The average molecular weight is 498 g/mol. The van der Waals surface area contributed by atoms with Gasteiger partial charge in [0.25, 0.3) is 0 Å². The molecule has 0 saturated heterocycles. The molecule has 8 heteroatoms. The Morgan fingerprint density at radius 1 is 0.971 bits per heavy atom. The second kappa shape index (κ2) is 10.9. The van der Waals surface area contributed by atoms with Gasteiger partial charge in [0.05, 0.1) is 10.8 Å². The van der Waals surface area contributed by atoms with Crippen LogP contribution in [0.2, 0.25) is 0 Å². The van der Waals surface area contributed by atoms with E-state index in [-0.39, 0.29) is 28.5 Å². The van der Waals surface area contributed by atoms with Crippen molar-refractivity contribution in [2.45, 2.75) is 57.4 Å². The van der Waals surface area contributed by atoms with Crippen molar-refractivity contribution in [3.8, 4) is 0 Å². The molecule has 0 radical (unpaired) electrons. The van der Waals surface area contributed by atoms with Crippen LogP contribution >= 0.6 is 0 Å². The molecule has 1 aliphatic carbocycles. The Balaban J connectivity index is 1.40. The van der Waals surface area contributed by atoms with E-state index in [1.54, 1.807) is 24.3 Å². The molecule has 188 valence electrons. The van der Waals surface area contributed by atoms with E-state index in [0.29, 0.717) is 32.6 Å². The highest BCUT2D eigenvalue weighted by Crippen LogP contribution is 2.36. The van der Waals surface area contributed by atoms with Gasteiger partial charge in [0.15, 0.2) is 0 Å². The van der Waals surface area contributed by atoms with Gasteiger partial charge in [0.2, 0.25) is 21.8 Å². The highest BCUT2D eigenvalue weighted by molar-refractivity contribution is 7.89. The van der Waals surface area contributed by atoms with Gasteiger partial charge in [-0.15, -0.1) is 0 Å². The number of fused-ring (bicyclic) bond motifs is 1. The molecule has 2 amide bonds. The summed E-state index contributed by atoms with van der Waals surface area (Å²) >= 11 is 0. The van der Waals surface area contributed by atoms with E-state index < -0.39 is 10.0 Å². The number of sulfonamides is 1. The molecule has 4 rings (SSSR count). The van der Waals surface area contributed by atoms with Gasteiger partial charge in [-0.05, 0) is 48.6 Å². The fourth-order valence-electron chi connectivity index (χ4n) is 5.32. The maximum Gasteiger partial charge on any atom is 0.243 e. The fraction of sp³-hybridized carbons (Fsp3) is 0.481. The first kappa shape index (κ1) is 25.4. The summed E-state index contributed by atoms with van der Waals surface area (Å²) in [6.45, 7) is 5.44. The van der Waals surface area contributed by atoms with Crippen LogP contribution in [0.15, 0.2) is 53.4 Å². The fourth-order valence-corrected chi connectivity index (χ4v) is 6.78. The SMILES string of the molecule is CCN(CC)S(=O)(=O)c1ccc(CNC(=O)C2CCCCC2C(=O)N2CCc3ccccc32)cc1. The molecule has 1 heterocycles. The van der Waals surface area contributed by atoms with E-state index in [9.17, 15) is 18.0 Å². The number of para-hydroxylation sites is 1. The Labute approximate surface area is 208 Å². The molecule has 1 N–H and O–H groups in total. The molecule has 1 saturated carbocycles. The van der Waals surface area contributed by atoms with Crippen molar-refractivity contribution in [2.24, 2.45) is 11.8 Å². The minimum absolute atomic E-state index is 0.0563. The topological polar surface area (TPSA) is 86.8 Å². The molecule has 2 aromatic carbocycles. The predicted octanol–water partition coefficient (Wildman–Crippen LogP) is 3.73. The third-order valence-corrected chi connectivity index (χ3v) is 9.37. The summed E-state index contributed by atoms with van der Waals surface area (Å²) in [6, 6.07) is 14.7. The number of carbonyl (C=O) groups excluding carboxylic acids is 2. The van der Waals surface area contributed by atoms with Gasteiger partial charge in [0, 0.05) is 37.8 Å². The van der Waals surface area contributed by atoms with Crippen LogP contribution in [0.5, 0.6) is 0 Å². The molecular weight excluding hydrogens is 462 g/mol. The lowest BCUT2D eigenvalue weighted by atomic mass is 9.77. The van der Waals surface area contributed by atoms with Crippen molar-refractivity contribution < 1.29 is 18.0 Å². The third kappa shape index (κ3) is 5.28. The molecular formula is C27H35N3O4S. The first-order valence-corrected chi connectivity index (χ1v) is 14.1. The molecule has 0 aromatic heterocycles. The minimum Gasteiger partial charge on any atom is -0.352 e. The lowest BCUT2D eigenvalue weighted by Crippen LogP contribution is -2.45. The van der Waals surface area contributed by atoms with Crippen molar-refractivity contribution in [1.29, 1.82) is 0 Å². The van der Waals surface area contributed by atoms with Gasteiger partial charge in [-0.25, -0.2) is 8.42 Å². The number of hydrogen-bond donors (Lipinski definition) is 1. The molecule has 0 spiro atoms. The number of nitrogens with zero attached hydrogens (tertiary/aromatic N) is 2. The molecule has 1 aliphatic heterocycles. The van der Waals surface area contributed by atoms with Gasteiger partial charge in [-0.1, -0.05) is 57.0 Å². The molecule has 7 nitrogen and oxygen atoms in total. The lowest BCUT2D eigenvalue weighted by molar-refractivity contribution is -0.135. The van der Waals surface area contributed by atoms with Crippen molar-refractivity contribution in [2.75, 3.05) is 24.5 Å². The zero-order valence-electron chi connectivity index (χ0n) is 20.6. The van der Waals surface area contributed by atoms with Crippen molar-refractivity contribution in [3.05, 3.63) is 59.7 Å². The summed E-state index contributed by atoms with van der Waals surface area (Å²) in [5.41, 5.74) is 2.98. The number of hydrogen-bond acceptors (Lipinski definition) is 4. The lowest BCUT2D eigenvalue weighted by Gasteiger charge is -2.32. The van der Waals surface area contributed by atoms with Crippen LogP contribution in [0.3, 0.4) is 0 Å². The van der Waals surface area contributed by atoms with Crippen LogP contribution in [-0.2, 0) is 32.6 Å². The summed E-state index contributed by atoms with van der Waals surface area (Å²) in [7, 11) is -3.51. The smallest absolute Gasteiger partial charge is 0.243 e. The molecule has 35 heavy (non-hydrogen) atoms. The second-order valence-corrected chi connectivity index (χ2v) is 11.3. The van der Waals surface area contributed by atoms with E-state index >= 15 is 0 Å². The Kier molecular flexibility index (Phi) is 7.91. The molecule has 2 unspecified atom stereocenters. The first-order valence-electron chi connectivity index (χ1n) is 12.6. The summed E-state index contributed by atoms with van der Waals surface area (Å²) in [6.07, 6.45) is 4.19. The number of nitrogens with one attached hydrogen (secondary N) is 1. The number of rotatable bonds is 8. The maximum atomic E-state index is 13.5. The Morgan fingerprint density at radius 2 is 1.63 bits per heavy atom. The largest absolute Gasteiger partial charge is 0.352 e. The summed E-state index contributed by atoms with van der Waals surface area (Å²) < 4.78 is 26.8. The number of amides is 2. The molecule has 1 fully saturated rings. The van der Waals surface area contributed by atoms with Crippen LogP contribution in [0, 0.1) is 11.8 Å². The Bertz CT molecular complexity index is 1160. The number of benzene rings is 2. The normalized spacial score (nSPS) is 20.0. The highest BCUT2D eigenvalue weighted by atomic mass is 32.2. The van der Waals surface area contributed by atoms with Gasteiger partial charge < -0.3 is 10.2 Å². The predicted molar refractivity (Wildman–Crippen MR) is 136 cm³/mol. The summed E-state index contributed by atoms with van der Waals surface area (Å²) in [5.74, 6) is -0.695. The van der Waals surface area contributed by atoms with Crippen LogP contribution < -0.4 is 10.2 Å². The van der Waals surface area contributed by atoms with E-state index in [1.807, 2.05) is 36.9 Å². The van der Waals surface area contributed by atoms with Crippen LogP contribution in [0.1, 0.15) is 50.7 Å². The van der Waals surface area contributed by atoms with Crippen LogP contribution in [0.25, 0.3) is 0 Å². The van der Waals surface area contributed by atoms with Gasteiger partial charge in [-0.3, -0.25) is 9.59 Å². The standard InChI is InChI=1S/C27H35N3O4S/c1-3-29(4-2)35(33,34)22-15-13-20(14-16-22)19-28-26(31)23-10-6-7-11-24(23)27(32)30-18-17-21-9-5-8-12-25(21)30/h5,8-9,12-16,23-24H,3-4,6-7,10-11,17-19H2,1-2H3,(H,28,31). The Hall–Kier alpha value is -2.71. The van der Waals surface area contributed by atoms with Crippen molar-refractivity contribution in [1.82, 2.24) is 9.62 Å². The van der Waals surface area contributed by atoms with Crippen molar-refractivity contribution >= 4 is 27.5 Å². The summed E-state index contributed by atoms with van der Waals surface area (Å²) in [4.78, 5) is 28.7. The number of anilines is 1. The van der Waals surface area contributed by atoms with Gasteiger partial charge in [0.1, 0.15) is 0 Å². The zero-order chi connectivity index (χ0) is 25.0. The quantitative estimate of drug-likeness (QED) is 0.602. The summed E-state index contributed by atoms with van der Waals surface area (Å²) in [5, 5.41) is 3.00.